The van der Waals surface area contributed by atoms with E-state index in [0.29, 0.717) is 37.3 Å². The summed E-state index contributed by atoms with van der Waals surface area (Å²) in [5, 5.41) is 5.86. The van der Waals surface area contributed by atoms with E-state index in [2.05, 4.69) is 23.8 Å². The standard InChI is InChI=1S/C37H50N4O10/c1-7-9-10-11-12-13-27(38-34(44)51-36(4,5)6)32(43)41-19-25(16-28(41)31(42)39-37(17-24(37)8-2)33-48-22(3)49-33)50-35(45)40-18-23-14-15-29-30(26(23)20-40)47-21-46-29/h7-8,14-15,22,24-25,27-28,33H,1-2,9-13,16-21H2,3-6H3,(H,38,44)(H,39,42)/t22?,24-,25-,27+,28+,33?,37-/m1/s1. The van der Waals surface area contributed by atoms with Gasteiger partial charge in [0, 0.05) is 24.4 Å². The Balaban J connectivity index is 1.19. The van der Waals surface area contributed by atoms with Gasteiger partial charge < -0.3 is 44.0 Å². The number of carbonyl (C=O) groups excluding carboxylic acids is 4. The fourth-order valence-corrected chi connectivity index (χ4v) is 7.27. The maximum atomic E-state index is 14.4. The molecule has 4 aliphatic heterocycles. The van der Waals surface area contributed by atoms with Gasteiger partial charge in [-0.3, -0.25) is 14.5 Å². The normalized spacial score (nSPS) is 27.9. The minimum absolute atomic E-state index is 0.0376. The molecule has 4 heterocycles. The molecule has 5 aliphatic rings. The highest BCUT2D eigenvalue weighted by atomic mass is 16.9. The molecule has 1 saturated carbocycles. The summed E-state index contributed by atoms with van der Waals surface area (Å²) in [5.41, 5.74) is 0.200. The van der Waals surface area contributed by atoms with E-state index in [0.717, 1.165) is 30.4 Å². The lowest BCUT2D eigenvalue weighted by molar-refractivity contribution is -0.388. The van der Waals surface area contributed by atoms with Crippen molar-refractivity contribution in [2.75, 3.05) is 13.3 Å². The SMILES string of the molecule is C=CCCCCC[C@H](NC(=O)OC(C)(C)C)C(=O)N1C[C@H](OC(=O)N2Cc3ccc4c(c3C2)OCO4)C[C@H]1C(=O)N[C@]1(C2OC(C)O2)C[C@H]1C=C. The first-order chi connectivity index (χ1) is 24.3. The molecule has 3 fully saturated rings. The molecule has 278 valence electrons. The third-order valence-electron chi connectivity index (χ3n) is 9.96. The number of nitrogens with zero attached hydrogens (tertiary/aromatic N) is 2. The molecule has 1 aromatic carbocycles. The molecule has 5 atom stereocenters. The van der Waals surface area contributed by atoms with Crippen molar-refractivity contribution in [1.29, 1.82) is 0 Å². The Labute approximate surface area is 298 Å². The number of carbonyl (C=O) groups is 4. The monoisotopic (exact) mass is 710 g/mol. The Morgan fingerprint density at radius 3 is 2.57 bits per heavy atom. The molecule has 4 amide bonds. The molecule has 0 bridgehead atoms. The van der Waals surface area contributed by atoms with Gasteiger partial charge in [0.15, 0.2) is 24.1 Å². The summed E-state index contributed by atoms with van der Waals surface area (Å²) in [4.78, 5) is 58.0. The topological polar surface area (TPSA) is 154 Å². The molecule has 14 nitrogen and oxygen atoms in total. The number of ether oxygens (including phenoxy) is 6. The highest BCUT2D eigenvalue weighted by Gasteiger charge is 2.64. The summed E-state index contributed by atoms with van der Waals surface area (Å²) in [5.74, 6) is 0.298. The Hall–Kier alpha value is -4.30. The highest BCUT2D eigenvalue weighted by molar-refractivity contribution is 5.92. The predicted octanol–water partition coefficient (Wildman–Crippen LogP) is 4.65. The van der Waals surface area contributed by atoms with Crippen LogP contribution in [0.5, 0.6) is 11.5 Å². The quantitative estimate of drug-likeness (QED) is 0.219. The first kappa shape index (κ1) is 36.5. The van der Waals surface area contributed by atoms with E-state index in [1.54, 1.807) is 38.7 Å². The van der Waals surface area contributed by atoms with E-state index in [1.165, 1.54) is 4.90 Å². The molecule has 51 heavy (non-hydrogen) atoms. The van der Waals surface area contributed by atoms with E-state index >= 15 is 0 Å². The maximum Gasteiger partial charge on any atom is 0.410 e. The van der Waals surface area contributed by atoms with Crippen molar-refractivity contribution >= 4 is 24.0 Å². The summed E-state index contributed by atoms with van der Waals surface area (Å²) in [6, 6.07) is 1.76. The van der Waals surface area contributed by atoms with Gasteiger partial charge in [-0.15, -0.1) is 13.2 Å². The predicted molar refractivity (Wildman–Crippen MR) is 183 cm³/mol. The summed E-state index contributed by atoms with van der Waals surface area (Å²) < 4.78 is 34.2. The molecule has 0 radical (unpaired) electrons. The lowest BCUT2D eigenvalue weighted by Gasteiger charge is -2.41. The number of allylic oxidation sites excluding steroid dienone is 1. The van der Waals surface area contributed by atoms with Crippen LogP contribution < -0.4 is 20.1 Å². The lowest BCUT2D eigenvalue weighted by Crippen LogP contribution is -2.60. The molecule has 1 aromatic rings. The van der Waals surface area contributed by atoms with Gasteiger partial charge in [0.25, 0.3) is 0 Å². The third kappa shape index (κ3) is 7.96. The summed E-state index contributed by atoms with van der Waals surface area (Å²) in [6.07, 6.45) is 4.62. The second-order valence-corrected chi connectivity index (χ2v) is 14.9. The highest BCUT2D eigenvalue weighted by Crippen LogP contribution is 2.51. The van der Waals surface area contributed by atoms with Crippen LogP contribution in [0.15, 0.2) is 37.4 Å². The van der Waals surface area contributed by atoms with E-state index in [4.69, 9.17) is 28.4 Å². The zero-order valence-corrected chi connectivity index (χ0v) is 29.9. The fourth-order valence-electron chi connectivity index (χ4n) is 7.27. The second-order valence-electron chi connectivity index (χ2n) is 14.9. The van der Waals surface area contributed by atoms with Crippen molar-refractivity contribution in [2.24, 2.45) is 5.92 Å². The van der Waals surface area contributed by atoms with Crippen molar-refractivity contribution in [3.63, 3.8) is 0 Å². The summed E-state index contributed by atoms with van der Waals surface area (Å²) in [7, 11) is 0. The first-order valence-electron chi connectivity index (χ1n) is 17.8. The number of fused-ring (bicyclic) bond motifs is 3. The zero-order valence-electron chi connectivity index (χ0n) is 29.9. The third-order valence-corrected chi connectivity index (χ3v) is 9.96. The maximum absolute atomic E-state index is 14.4. The fraction of sp³-hybridized carbons (Fsp3) is 0.622. The Morgan fingerprint density at radius 1 is 1.10 bits per heavy atom. The number of hydrogen-bond donors (Lipinski definition) is 2. The molecule has 0 aromatic heterocycles. The number of benzene rings is 1. The van der Waals surface area contributed by atoms with Crippen LogP contribution in [0, 0.1) is 5.92 Å². The number of hydrogen-bond acceptors (Lipinski definition) is 10. The van der Waals surface area contributed by atoms with Gasteiger partial charge in [-0.2, -0.15) is 0 Å². The number of nitrogens with one attached hydrogen (secondary N) is 2. The van der Waals surface area contributed by atoms with Crippen LogP contribution in [-0.2, 0) is 41.6 Å². The Bertz CT molecular complexity index is 1540. The molecule has 2 N–H and O–H groups in total. The smallest absolute Gasteiger partial charge is 0.410 e. The average molecular weight is 711 g/mol. The molecular weight excluding hydrogens is 660 g/mol. The minimum Gasteiger partial charge on any atom is -0.454 e. The number of rotatable bonds is 13. The van der Waals surface area contributed by atoms with Crippen molar-refractivity contribution < 1.29 is 47.6 Å². The van der Waals surface area contributed by atoms with E-state index in [-0.39, 0.29) is 32.2 Å². The Morgan fingerprint density at radius 2 is 1.88 bits per heavy atom. The van der Waals surface area contributed by atoms with E-state index < -0.39 is 65.9 Å². The molecule has 0 unspecified atom stereocenters. The number of alkyl carbamates (subject to hydrolysis) is 1. The lowest BCUT2D eigenvalue weighted by atomic mass is 10.0. The van der Waals surface area contributed by atoms with E-state index in [1.807, 2.05) is 18.2 Å². The molecule has 0 spiro atoms. The second kappa shape index (κ2) is 14.7. The van der Waals surface area contributed by atoms with Gasteiger partial charge in [-0.1, -0.05) is 31.1 Å². The van der Waals surface area contributed by atoms with Crippen molar-refractivity contribution in [3.05, 3.63) is 48.6 Å². The van der Waals surface area contributed by atoms with Gasteiger partial charge in [0.2, 0.25) is 18.6 Å². The average Bonchev–Trinajstić information content (AvgIpc) is 3.46. The number of unbranched alkanes of at least 4 members (excludes halogenated alkanes) is 3. The number of likely N-dealkylation sites (tertiary alicyclic amines) is 1. The van der Waals surface area contributed by atoms with Crippen LogP contribution in [0.3, 0.4) is 0 Å². The van der Waals surface area contributed by atoms with Crippen molar-refractivity contribution in [2.45, 2.75) is 128 Å². The van der Waals surface area contributed by atoms with Gasteiger partial charge >= 0.3 is 12.2 Å². The van der Waals surface area contributed by atoms with Gasteiger partial charge in [0.1, 0.15) is 23.8 Å². The van der Waals surface area contributed by atoms with Crippen LogP contribution in [0.25, 0.3) is 0 Å². The van der Waals surface area contributed by atoms with Crippen LogP contribution in [0.2, 0.25) is 0 Å². The largest absolute Gasteiger partial charge is 0.454 e. The molecular formula is C37H50N4O10. The van der Waals surface area contributed by atoms with Crippen molar-refractivity contribution in [1.82, 2.24) is 20.4 Å². The first-order valence-corrected chi connectivity index (χ1v) is 17.8. The van der Waals surface area contributed by atoms with Crippen LogP contribution in [-0.4, -0.2) is 89.0 Å². The van der Waals surface area contributed by atoms with Crippen molar-refractivity contribution in [3.8, 4) is 11.5 Å². The molecule has 1 aliphatic carbocycles. The van der Waals surface area contributed by atoms with Gasteiger partial charge in [-0.05, 0) is 65.0 Å². The molecule has 2 saturated heterocycles. The molecule has 6 rings (SSSR count). The van der Waals surface area contributed by atoms with Crippen LogP contribution >= 0.6 is 0 Å². The van der Waals surface area contributed by atoms with E-state index in [9.17, 15) is 19.2 Å². The Kier molecular flexibility index (Phi) is 10.5. The summed E-state index contributed by atoms with van der Waals surface area (Å²) >= 11 is 0. The minimum atomic E-state index is -0.996. The number of amides is 4. The van der Waals surface area contributed by atoms with Gasteiger partial charge in [-0.25, -0.2) is 9.59 Å². The van der Waals surface area contributed by atoms with Crippen LogP contribution in [0.1, 0.15) is 83.8 Å². The zero-order chi connectivity index (χ0) is 36.5. The summed E-state index contributed by atoms with van der Waals surface area (Å²) in [6.45, 7) is 15.4. The van der Waals surface area contributed by atoms with Crippen LogP contribution in [0.4, 0.5) is 9.59 Å². The van der Waals surface area contributed by atoms with Gasteiger partial charge in [0.05, 0.1) is 18.6 Å². The molecule has 14 heteroatoms.